The van der Waals surface area contributed by atoms with E-state index in [0.717, 1.165) is 4.88 Å². The predicted molar refractivity (Wildman–Crippen MR) is 104 cm³/mol. The Kier molecular flexibility index (Phi) is 5.14. The summed E-state index contributed by atoms with van der Waals surface area (Å²) in [6.07, 6.45) is 0.100. The number of nitrogens with zero attached hydrogens (tertiary/aromatic N) is 1. The van der Waals surface area contributed by atoms with Crippen LogP contribution in [0.2, 0.25) is 0 Å². The molecule has 0 radical (unpaired) electrons. The van der Waals surface area contributed by atoms with Crippen molar-refractivity contribution in [2.24, 2.45) is 0 Å². The molecule has 6 nitrogen and oxygen atoms in total. The third kappa shape index (κ3) is 4.09. The standard InChI is InChI=1S/C20H20N2O4S/c1-12-15(22-18(26-12)16-5-4-10-27-16)11-17(23)21-14-8-6-13(7-9-14)20(2,3)19(24)25/h4-10H,11H2,1-3H3,(H,21,23)(H,24,25). The Bertz CT molecular complexity index is 957. The van der Waals surface area contributed by atoms with Gasteiger partial charge in [0.2, 0.25) is 11.8 Å². The lowest BCUT2D eigenvalue weighted by atomic mass is 9.85. The number of hydrogen-bond donors (Lipinski definition) is 2. The number of amides is 1. The highest BCUT2D eigenvalue weighted by atomic mass is 32.1. The second-order valence-electron chi connectivity index (χ2n) is 6.73. The second-order valence-corrected chi connectivity index (χ2v) is 7.68. The van der Waals surface area contributed by atoms with Gasteiger partial charge in [-0.15, -0.1) is 11.3 Å². The molecule has 2 N–H and O–H groups in total. The zero-order chi connectivity index (χ0) is 19.6. The molecule has 0 atom stereocenters. The summed E-state index contributed by atoms with van der Waals surface area (Å²) in [5.41, 5.74) is 0.878. The highest BCUT2D eigenvalue weighted by Crippen LogP contribution is 2.27. The van der Waals surface area contributed by atoms with Crippen molar-refractivity contribution >= 4 is 28.9 Å². The molecule has 1 aromatic carbocycles. The van der Waals surface area contributed by atoms with Crippen molar-refractivity contribution in [3.63, 3.8) is 0 Å². The maximum atomic E-state index is 12.3. The molecule has 0 aliphatic rings. The Morgan fingerprint density at radius 3 is 2.52 bits per heavy atom. The number of nitrogens with one attached hydrogen (secondary N) is 1. The minimum atomic E-state index is -0.988. The molecule has 0 saturated carbocycles. The number of carbonyl (C=O) groups excluding carboxylic acids is 1. The van der Waals surface area contributed by atoms with Crippen molar-refractivity contribution < 1.29 is 19.1 Å². The number of carboxylic acid groups (broad SMARTS) is 1. The van der Waals surface area contributed by atoms with Gasteiger partial charge in [0.15, 0.2) is 0 Å². The number of aromatic nitrogens is 1. The summed E-state index contributed by atoms with van der Waals surface area (Å²) in [6, 6.07) is 10.6. The van der Waals surface area contributed by atoms with Gasteiger partial charge in [0.25, 0.3) is 0 Å². The lowest BCUT2D eigenvalue weighted by Crippen LogP contribution is -2.28. The zero-order valence-corrected chi connectivity index (χ0v) is 16.1. The van der Waals surface area contributed by atoms with Gasteiger partial charge in [0, 0.05) is 5.69 Å². The van der Waals surface area contributed by atoms with E-state index in [4.69, 9.17) is 4.42 Å². The van der Waals surface area contributed by atoms with E-state index in [2.05, 4.69) is 10.3 Å². The van der Waals surface area contributed by atoms with Gasteiger partial charge in [-0.05, 0) is 49.9 Å². The van der Waals surface area contributed by atoms with Gasteiger partial charge >= 0.3 is 5.97 Å². The van der Waals surface area contributed by atoms with Crippen molar-refractivity contribution in [2.75, 3.05) is 5.32 Å². The highest BCUT2D eigenvalue weighted by molar-refractivity contribution is 7.13. The van der Waals surface area contributed by atoms with Crippen molar-refractivity contribution in [2.45, 2.75) is 32.6 Å². The second kappa shape index (κ2) is 7.36. The number of rotatable bonds is 6. The molecule has 1 amide bonds. The number of benzene rings is 1. The van der Waals surface area contributed by atoms with Gasteiger partial charge in [-0.3, -0.25) is 9.59 Å². The molecular weight excluding hydrogens is 364 g/mol. The molecular formula is C20H20N2O4S. The first-order valence-corrected chi connectivity index (χ1v) is 9.29. The van der Waals surface area contributed by atoms with Gasteiger partial charge in [-0.2, -0.15) is 0 Å². The maximum absolute atomic E-state index is 12.3. The van der Waals surface area contributed by atoms with Crippen LogP contribution in [-0.2, 0) is 21.4 Å². The van der Waals surface area contributed by atoms with Gasteiger partial charge in [0.05, 0.1) is 22.4 Å². The third-order valence-electron chi connectivity index (χ3n) is 4.38. The minimum Gasteiger partial charge on any atom is -0.481 e. The highest BCUT2D eigenvalue weighted by Gasteiger charge is 2.29. The first-order valence-electron chi connectivity index (χ1n) is 8.41. The fourth-order valence-electron chi connectivity index (χ4n) is 2.55. The smallest absolute Gasteiger partial charge is 0.313 e. The van der Waals surface area contributed by atoms with Crippen LogP contribution in [0.1, 0.15) is 30.9 Å². The summed E-state index contributed by atoms with van der Waals surface area (Å²) >= 11 is 1.53. The predicted octanol–water partition coefficient (Wildman–Crippen LogP) is 4.25. The van der Waals surface area contributed by atoms with Crippen molar-refractivity contribution in [1.82, 2.24) is 4.98 Å². The number of thiophene rings is 1. The fraction of sp³-hybridized carbons (Fsp3) is 0.250. The maximum Gasteiger partial charge on any atom is 0.313 e. The minimum absolute atomic E-state index is 0.100. The van der Waals surface area contributed by atoms with Gasteiger partial charge < -0.3 is 14.8 Å². The third-order valence-corrected chi connectivity index (χ3v) is 5.24. The number of carbonyl (C=O) groups is 2. The summed E-state index contributed by atoms with van der Waals surface area (Å²) in [5.74, 6) is 0.0226. The molecule has 7 heteroatoms. The first kappa shape index (κ1) is 18.8. The molecule has 0 spiro atoms. The Morgan fingerprint density at radius 1 is 1.22 bits per heavy atom. The van der Waals surface area contributed by atoms with E-state index in [1.165, 1.54) is 11.3 Å². The molecule has 0 unspecified atom stereocenters. The Morgan fingerprint density at radius 2 is 1.93 bits per heavy atom. The van der Waals surface area contributed by atoms with Crippen LogP contribution in [0, 0.1) is 6.92 Å². The lowest BCUT2D eigenvalue weighted by Gasteiger charge is -2.19. The van der Waals surface area contributed by atoms with E-state index in [1.807, 2.05) is 17.5 Å². The van der Waals surface area contributed by atoms with Crippen LogP contribution < -0.4 is 5.32 Å². The molecule has 0 aliphatic heterocycles. The number of carboxylic acids is 1. The largest absolute Gasteiger partial charge is 0.481 e. The SMILES string of the molecule is Cc1oc(-c2cccs2)nc1CC(=O)Nc1ccc(C(C)(C)C(=O)O)cc1. The van der Waals surface area contributed by atoms with Crippen LogP contribution >= 0.6 is 11.3 Å². The summed E-state index contributed by atoms with van der Waals surface area (Å²) in [6.45, 7) is 5.07. The van der Waals surface area contributed by atoms with E-state index >= 15 is 0 Å². The molecule has 0 saturated heterocycles. The van der Waals surface area contributed by atoms with Crippen molar-refractivity contribution in [1.29, 1.82) is 0 Å². The molecule has 2 aromatic heterocycles. The molecule has 0 aliphatic carbocycles. The monoisotopic (exact) mass is 384 g/mol. The normalized spacial score (nSPS) is 11.4. The molecule has 2 heterocycles. The van der Waals surface area contributed by atoms with E-state index < -0.39 is 11.4 Å². The van der Waals surface area contributed by atoms with Gasteiger partial charge in [-0.25, -0.2) is 4.98 Å². The van der Waals surface area contributed by atoms with Crippen LogP contribution in [0.3, 0.4) is 0 Å². The van der Waals surface area contributed by atoms with E-state index in [-0.39, 0.29) is 12.3 Å². The van der Waals surface area contributed by atoms with Gasteiger partial charge in [-0.1, -0.05) is 18.2 Å². The summed E-state index contributed by atoms with van der Waals surface area (Å²) < 4.78 is 5.65. The van der Waals surface area contributed by atoms with E-state index in [1.54, 1.807) is 45.0 Å². The summed E-state index contributed by atoms with van der Waals surface area (Å²) in [4.78, 5) is 29.0. The average molecular weight is 384 g/mol. The van der Waals surface area contributed by atoms with Crippen LogP contribution in [0.15, 0.2) is 46.2 Å². The van der Waals surface area contributed by atoms with Crippen LogP contribution in [0.25, 0.3) is 10.8 Å². The molecule has 27 heavy (non-hydrogen) atoms. The van der Waals surface area contributed by atoms with E-state index in [9.17, 15) is 14.7 Å². The Hall–Kier alpha value is -2.93. The summed E-state index contributed by atoms with van der Waals surface area (Å²) in [7, 11) is 0. The summed E-state index contributed by atoms with van der Waals surface area (Å²) in [5, 5.41) is 14.0. The van der Waals surface area contributed by atoms with Crippen molar-refractivity contribution in [3.8, 4) is 10.8 Å². The van der Waals surface area contributed by atoms with Crippen LogP contribution in [-0.4, -0.2) is 22.0 Å². The number of aliphatic carboxylic acids is 1. The van der Waals surface area contributed by atoms with Crippen LogP contribution in [0.4, 0.5) is 5.69 Å². The number of anilines is 1. The molecule has 0 fully saturated rings. The Labute approximate surface area is 160 Å². The lowest BCUT2D eigenvalue weighted by molar-refractivity contribution is -0.142. The molecule has 3 rings (SSSR count). The van der Waals surface area contributed by atoms with Crippen LogP contribution in [0.5, 0.6) is 0 Å². The van der Waals surface area contributed by atoms with E-state index in [0.29, 0.717) is 28.6 Å². The molecule has 140 valence electrons. The number of oxazole rings is 1. The quantitative estimate of drug-likeness (QED) is 0.663. The average Bonchev–Trinajstić information content (AvgIpc) is 3.25. The Balaban J connectivity index is 1.67. The topological polar surface area (TPSA) is 92.4 Å². The first-order chi connectivity index (χ1) is 12.8. The fourth-order valence-corrected chi connectivity index (χ4v) is 3.20. The molecule has 0 bridgehead atoms. The number of hydrogen-bond acceptors (Lipinski definition) is 5. The zero-order valence-electron chi connectivity index (χ0n) is 15.3. The van der Waals surface area contributed by atoms with Crippen molar-refractivity contribution in [3.05, 3.63) is 58.8 Å². The molecule has 3 aromatic rings. The van der Waals surface area contributed by atoms with Gasteiger partial charge in [0.1, 0.15) is 5.76 Å². The number of aryl methyl sites for hydroxylation is 1.